The molecule has 0 aliphatic carbocycles. The summed E-state index contributed by atoms with van der Waals surface area (Å²) in [6.45, 7) is 1.38. The van der Waals surface area contributed by atoms with Gasteiger partial charge in [0.25, 0.3) is 5.91 Å². The highest BCUT2D eigenvalue weighted by molar-refractivity contribution is 6.00. The molecule has 0 saturated carbocycles. The van der Waals surface area contributed by atoms with Crippen LogP contribution in [0.3, 0.4) is 0 Å². The molecule has 0 unspecified atom stereocenters. The number of aryl methyl sites for hydroxylation is 1. The number of rotatable bonds is 6. The minimum atomic E-state index is -1.05. The van der Waals surface area contributed by atoms with Crippen molar-refractivity contribution in [2.75, 3.05) is 18.5 Å². The van der Waals surface area contributed by atoms with Crippen molar-refractivity contribution in [1.82, 2.24) is 10.3 Å². The molecular weight excluding hydrogens is 349 g/mol. The zero-order valence-corrected chi connectivity index (χ0v) is 14.7. The zero-order chi connectivity index (χ0) is 19.4. The highest BCUT2D eigenvalue weighted by Gasteiger charge is 2.14. The number of fused-ring (bicyclic) bond motifs is 1. The minimum absolute atomic E-state index is 0.0982. The Balaban J connectivity index is 2.00. The molecule has 7 heteroatoms. The number of aliphatic hydroxyl groups is 2. The fraction of sp³-hybridized carbons (Fsp3) is 0.200. The number of pyridine rings is 1. The van der Waals surface area contributed by atoms with E-state index < -0.39 is 24.4 Å². The molecule has 3 rings (SSSR count). The second kappa shape index (κ2) is 8.11. The first-order valence-corrected chi connectivity index (χ1v) is 8.48. The van der Waals surface area contributed by atoms with E-state index in [1.165, 1.54) is 12.1 Å². The molecular formula is C20H20FN3O3. The van der Waals surface area contributed by atoms with Crippen molar-refractivity contribution in [1.29, 1.82) is 0 Å². The standard InChI is InChI=1S/C20H20FN3O3/c1-12-6-7-16-14(8-12)18(24-17-5-3-2-4-15(17)21)9-19(23-16)20(27)22-10-13(26)11-25/h2-9,13,25-26H,10-11H2,1H3,(H,22,27)(H,23,24)/t13-/m1/s1. The molecule has 2 aromatic carbocycles. The quantitative estimate of drug-likeness (QED) is 0.536. The summed E-state index contributed by atoms with van der Waals surface area (Å²) in [5.74, 6) is -0.909. The number of hydrogen-bond donors (Lipinski definition) is 4. The van der Waals surface area contributed by atoms with Crippen LogP contribution < -0.4 is 10.6 Å². The molecule has 140 valence electrons. The molecule has 1 amide bonds. The summed E-state index contributed by atoms with van der Waals surface area (Å²) in [6, 6.07) is 13.4. The van der Waals surface area contributed by atoms with Crippen LogP contribution >= 0.6 is 0 Å². The lowest BCUT2D eigenvalue weighted by molar-refractivity contribution is 0.0799. The molecule has 0 aliphatic heterocycles. The Morgan fingerprint density at radius 2 is 1.96 bits per heavy atom. The summed E-state index contributed by atoms with van der Waals surface area (Å²) < 4.78 is 14.1. The molecule has 3 aromatic rings. The number of anilines is 2. The van der Waals surface area contributed by atoms with Gasteiger partial charge in [-0.15, -0.1) is 0 Å². The van der Waals surface area contributed by atoms with Crippen molar-refractivity contribution in [3.8, 4) is 0 Å². The number of nitrogens with zero attached hydrogens (tertiary/aromatic N) is 1. The van der Waals surface area contributed by atoms with E-state index in [1.807, 2.05) is 19.1 Å². The molecule has 0 radical (unpaired) electrons. The minimum Gasteiger partial charge on any atom is -0.394 e. The molecule has 0 saturated heterocycles. The first-order valence-electron chi connectivity index (χ1n) is 8.48. The smallest absolute Gasteiger partial charge is 0.270 e. The van der Waals surface area contributed by atoms with E-state index in [4.69, 9.17) is 5.11 Å². The third-order valence-electron chi connectivity index (χ3n) is 4.05. The normalized spacial score (nSPS) is 12.0. The van der Waals surface area contributed by atoms with Crippen LogP contribution in [0.5, 0.6) is 0 Å². The van der Waals surface area contributed by atoms with E-state index in [0.29, 0.717) is 11.2 Å². The third kappa shape index (κ3) is 4.39. The van der Waals surface area contributed by atoms with Crippen molar-refractivity contribution in [2.45, 2.75) is 13.0 Å². The average molecular weight is 369 g/mol. The molecule has 4 N–H and O–H groups in total. The summed E-state index contributed by atoms with van der Waals surface area (Å²) in [5.41, 5.74) is 2.53. The Morgan fingerprint density at radius 3 is 2.70 bits per heavy atom. The van der Waals surface area contributed by atoms with Gasteiger partial charge >= 0.3 is 0 Å². The summed E-state index contributed by atoms with van der Waals surface area (Å²) >= 11 is 0. The maximum atomic E-state index is 14.1. The number of aromatic nitrogens is 1. The van der Waals surface area contributed by atoms with Crippen LogP contribution in [-0.4, -0.2) is 40.4 Å². The molecule has 27 heavy (non-hydrogen) atoms. The Labute approximate surface area is 155 Å². The van der Waals surface area contributed by atoms with Crippen molar-refractivity contribution in [3.05, 3.63) is 65.6 Å². The highest BCUT2D eigenvalue weighted by Crippen LogP contribution is 2.28. The number of hydrogen-bond acceptors (Lipinski definition) is 5. The van der Waals surface area contributed by atoms with E-state index in [1.54, 1.807) is 24.3 Å². The Kier molecular flexibility index (Phi) is 5.63. The Morgan fingerprint density at radius 1 is 1.19 bits per heavy atom. The zero-order valence-electron chi connectivity index (χ0n) is 14.7. The van der Waals surface area contributed by atoms with E-state index in [9.17, 15) is 14.3 Å². The van der Waals surface area contributed by atoms with Crippen LogP contribution in [-0.2, 0) is 0 Å². The first-order chi connectivity index (χ1) is 13.0. The largest absolute Gasteiger partial charge is 0.394 e. The van der Waals surface area contributed by atoms with Gasteiger partial charge in [-0.1, -0.05) is 23.8 Å². The fourth-order valence-corrected chi connectivity index (χ4v) is 2.63. The second-order valence-electron chi connectivity index (χ2n) is 6.23. The van der Waals surface area contributed by atoms with Crippen LogP contribution in [0.4, 0.5) is 15.8 Å². The number of amides is 1. The van der Waals surface area contributed by atoms with Gasteiger partial charge in [-0.05, 0) is 37.3 Å². The molecule has 0 aliphatic rings. The summed E-state index contributed by atoms with van der Waals surface area (Å²) in [7, 11) is 0. The first kappa shape index (κ1) is 18.8. The fourth-order valence-electron chi connectivity index (χ4n) is 2.63. The van der Waals surface area contributed by atoms with E-state index in [-0.39, 0.29) is 17.9 Å². The second-order valence-corrected chi connectivity index (χ2v) is 6.23. The lowest BCUT2D eigenvalue weighted by Gasteiger charge is -2.14. The van der Waals surface area contributed by atoms with Gasteiger partial charge in [0.2, 0.25) is 0 Å². The van der Waals surface area contributed by atoms with Crippen molar-refractivity contribution >= 4 is 28.2 Å². The lowest BCUT2D eigenvalue weighted by Crippen LogP contribution is -2.34. The van der Waals surface area contributed by atoms with E-state index >= 15 is 0 Å². The molecule has 1 atom stereocenters. The molecule has 0 spiro atoms. The predicted octanol–water partition coefficient (Wildman–Crippen LogP) is 2.51. The van der Waals surface area contributed by atoms with Crippen LogP contribution in [0.15, 0.2) is 48.5 Å². The van der Waals surface area contributed by atoms with Gasteiger partial charge in [-0.3, -0.25) is 4.79 Å². The van der Waals surface area contributed by atoms with Gasteiger partial charge < -0.3 is 20.8 Å². The number of benzene rings is 2. The molecule has 1 heterocycles. The number of aliphatic hydroxyl groups excluding tert-OH is 2. The summed E-state index contributed by atoms with van der Waals surface area (Å²) in [5, 5.41) is 24.6. The number of para-hydroxylation sites is 1. The highest BCUT2D eigenvalue weighted by atomic mass is 19.1. The topological polar surface area (TPSA) is 94.5 Å². The maximum Gasteiger partial charge on any atom is 0.270 e. The van der Waals surface area contributed by atoms with Gasteiger partial charge in [0.1, 0.15) is 11.5 Å². The average Bonchev–Trinajstić information content (AvgIpc) is 2.67. The SMILES string of the molecule is Cc1ccc2nc(C(=O)NC[C@@H](O)CO)cc(Nc3ccccc3F)c2c1. The maximum absolute atomic E-state index is 14.1. The number of carbonyl (C=O) groups is 1. The number of carbonyl (C=O) groups excluding carboxylic acids is 1. The third-order valence-corrected chi connectivity index (χ3v) is 4.05. The molecule has 0 fully saturated rings. The van der Waals surface area contributed by atoms with Gasteiger partial charge in [0, 0.05) is 11.9 Å². The van der Waals surface area contributed by atoms with Crippen LogP contribution in [0.1, 0.15) is 16.1 Å². The molecule has 1 aromatic heterocycles. The van der Waals surface area contributed by atoms with Crippen molar-refractivity contribution < 1.29 is 19.4 Å². The van der Waals surface area contributed by atoms with Crippen LogP contribution in [0.25, 0.3) is 10.9 Å². The van der Waals surface area contributed by atoms with Crippen LogP contribution in [0.2, 0.25) is 0 Å². The number of halogens is 1. The number of nitrogens with one attached hydrogen (secondary N) is 2. The van der Waals surface area contributed by atoms with Gasteiger partial charge in [-0.25, -0.2) is 9.37 Å². The van der Waals surface area contributed by atoms with Gasteiger partial charge in [0.05, 0.1) is 29.6 Å². The van der Waals surface area contributed by atoms with E-state index in [0.717, 1.165) is 10.9 Å². The van der Waals surface area contributed by atoms with Crippen molar-refractivity contribution in [2.24, 2.45) is 0 Å². The molecule has 0 bridgehead atoms. The van der Waals surface area contributed by atoms with Crippen molar-refractivity contribution in [3.63, 3.8) is 0 Å². The Hall–Kier alpha value is -3.03. The lowest BCUT2D eigenvalue weighted by atomic mass is 10.1. The summed E-state index contributed by atoms with van der Waals surface area (Å²) in [4.78, 5) is 16.7. The van der Waals surface area contributed by atoms with Gasteiger partial charge in [0.15, 0.2) is 0 Å². The van der Waals surface area contributed by atoms with Crippen LogP contribution in [0, 0.1) is 12.7 Å². The monoisotopic (exact) mass is 369 g/mol. The Bertz CT molecular complexity index is 978. The van der Waals surface area contributed by atoms with Gasteiger partial charge in [-0.2, -0.15) is 0 Å². The summed E-state index contributed by atoms with van der Waals surface area (Å²) in [6.07, 6.45) is -1.05. The predicted molar refractivity (Wildman–Crippen MR) is 102 cm³/mol. The van der Waals surface area contributed by atoms with E-state index in [2.05, 4.69) is 15.6 Å². The molecule has 6 nitrogen and oxygen atoms in total.